The summed E-state index contributed by atoms with van der Waals surface area (Å²) in [5, 5.41) is 12.8. The van der Waals surface area contributed by atoms with Crippen molar-refractivity contribution in [1.82, 2.24) is 5.32 Å². The minimum absolute atomic E-state index is 0.0387. The van der Waals surface area contributed by atoms with E-state index < -0.39 is 11.9 Å². The van der Waals surface area contributed by atoms with E-state index in [0.29, 0.717) is 40.8 Å². The molecule has 1 saturated carbocycles. The van der Waals surface area contributed by atoms with Gasteiger partial charge < -0.3 is 14.8 Å². The van der Waals surface area contributed by atoms with Crippen LogP contribution in [0.2, 0.25) is 0 Å². The van der Waals surface area contributed by atoms with Crippen molar-refractivity contribution in [2.75, 3.05) is 6.54 Å². The Bertz CT molecular complexity index is 1230. The van der Waals surface area contributed by atoms with Crippen LogP contribution >= 0.6 is 0 Å². The molecule has 1 fully saturated rings. The maximum atomic E-state index is 12.6. The Hall–Kier alpha value is -3.41. The minimum Gasteiger partial charge on any atom is -0.481 e. The van der Waals surface area contributed by atoms with E-state index in [1.54, 1.807) is 24.3 Å². The molecule has 0 bridgehead atoms. The number of hydrogen-bond acceptors (Lipinski definition) is 4. The highest BCUT2D eigenvalue weighted by molar-refractivity contribution is 5.94. The molecule has 1 heterocycles. The molecule has 4 rings (SSSR count). The van der Waals surface area contributed by atoms with Crippen LogP contribution < -0.4 is 10.7 Å². The molecule has 0 saturated heterocycles. The second-order valence-electron chi connectivity index (χ2n) is 8.71. The summed E-state index contributed by atoms with van der Waals surface area (Å²) in [5.41, 5.74) is 3.56. The molecule has 2 N–H and O–H groups in total. The predicted molar refractivity (Wildman–Crippen MR) is 123 cm³/mol. The molecule has 1 aliphatic carbocycles. The number of carboxylic acids is 1. The fraction of sp³-hybridized carbons (Fsp3) is 0.346. The number of carboxylic acid groups (broad SMARTS) is 1. The van der Waals surface area contributed by atoms with Crippen molar-refractivity contribution < 1.29 is 19.1 Å². The van der Waals surface area contributed by atoms with Crippen LogP contribution in [0.4, 0.5) is 0 Å². The Kier molecular flexibility index (Phi) is 6.12. The average Bonchev–Trinajstić information content (AvgIpc) is 2.78. The van der Waals surface area contributed by atoms with Gasteiger partial charge in [-0.1, -0.05) is 31.0 Å². The number of carbonyl (C=O) groups excluding carboxylic acids is 1. The SMILES string of the molecule is Cc1cc(C)c2oc(-c3ccc(C(=O)NC[C@@H]4CCCC[C@@H]4C(=O)O)cc3)cc(=O)c2c1. The zero-order chi connectivity index (χ0) is 22.8. The molecule has 0 aliphatic heterocycles. The van der Waals surface area contributed by atoms with E-state index in [1.165, 1.54) is 6.07 Å². The summed E-state index contributed by atoms with van der Waals surface area (Å²) in [5.74, 6) is -1.00. The number of benzene rings is 2. The highest BCUT2D eigenvalue weighted by Gasteiger charge is 2.30. The third kappa shape index (κ3) is 4.44. The third-order valence-corrected chi connectivity index (χ3v) is 6.34. The van der Waals surface area contributed by atoms with Crippen molar-refractivity contribution in [3.05, 3.63) is 69.4 Å². The third-order valence-electron chi connectivity index (χ3n) is 6.34. The topological polar surface area (TPSA) is 96.6 Å². The molecule has 6 heteroatoms. The number of rotatable bonds is 5. The largest absolute Gasteiger partial charge is 0.481 e. The van der Waals surface area contributed by atoms with Gasteiger partial charge in [0.05, 0.1) is 11.3 Å². The van der Waals surface area contributed by atoms with Gasteiger partial charge in [-0.2, -0.15) is 0 Å². The summed E-state index contributed by atoms with van der Waals surface area (Å²) in [6.45, 7) is 4.21. The molecule has 2 aromatic carbocycles. The van der Waals surface area contributed by atoms with Crippen LogP contribution in [0.5, 0.6) is 0 Å². The number of nitrogens with one attached hydrogen (secondary N) is 1. The maximum Gasteiger partial charge on any atom is 0.306 e. The van der Waals surface area contributed by atoms with E-state index in [4.69, 9.17) is 4.42 Å². The highest BCUT2D eigenvalue weighted by Crippen LogP contribution is 2.30. The van der Waals surface area contributed by atoms with E-state index in [9.17, 15) is 19.5 Å². The quantitative estimate of drug-likeness (QED) is 0.608. The monoisotopic (exact) mass is 433 g/mol. The molecule has 1 aliphatic rings. The van der Waals surface area contributed by atoms with Crippen LogP contribution in [-0.2, 0) is 4.79 Å². The number of hydrogen-bond donors (Lipinski definition) is 2. The van der Waals surface area contributed by atoms with E-state index in [2.05, 4.69) is 5.32 Å². The summed E-state index contributed by atoms with van der Waals surface area (Å²) < 4.78 is 6.02. The number of fused-ring (bicyclic) bond motifs is 1. The Morgan fingerprint density at radius 2 is 1.78 bits per heavy atom. The minimum atomic E-state index is -0.782. The lowest BCUT2D eigenvalue weighted by atomic mass is 9.79. The molecule has 1 amide bonds. The number of amides is 1. The van der Waals surface area contributed by atoms with Gasteiger partial charge in [-0.25, -0.2) is 0 Å². The first kappa shape index (κ1) is 21.8. The van der Waals surface area contributed by atoms with Gasteiger partial charge in [-0.05, 0) is 61.9 Å². The molecule has 3 aromatic rings. The fourth-order valence-electron chi connectivity index (χ4n) is 4.64. The lowest BCUT2D eigenvalue weighted by molar-refractivity contribution is -0.144. The number of aliphatic carboxylic acids is 1. The standard InChI is InChI=1S/C26H27NO5/c1-15-11-16(2)24-21(12-15)22(28)13-23(32-24)17-7-9-18(10-8-17)25(29)27-14-19-5-3-4-6-20(19)26(30)31/h7-13,19-20H,3-6,14H2,1-2H3,(H,27,29)(H,30,31)/t19-,20-/m0/s1. The van der Waals surface area contributed by atoms with E-state index in [0.717, 1.165) is 30.4 Å². The highest BCUT2D eigenvalue weighted by atomic mass is 16.4. The maximum absolute atomic E-state index is 12.6. The molecule has 32 heavy (non-hydrogen) atoms. The summed E-state index contributed by atoms with van der Waals surface area (Å²) in [4.78, 5) is 36.6. The van der Waals surface area contributed by atoms with Crippen molar-refractivity contribution in [2.24, 2.45) is 11.8 Å². The zero-order valence-electron chi connectivity index (χ0n) is 18.3. The Morgan fingerprint density at radius 3 is 2.50 bits per heavy atom. The van der Waals surface area contributed by atoms with Gasteiger partial charge in [0.25, 0.3) is 5.91 Å². The second kappa shape index (κ2) is 8.99. The molecular weight excluding hydrogens is 406 g/mol. The first-order valence-corrected chi connectivity index (χ1v) is 11.0. The number of carbonyl (C=O) groups is 2. The summed E-state index contributed by atoms with van der Waals surface area (Å²) in [6, 6.07) is 12.2. The average molecular weight is 434 g/mol. The molecule has 1 aromatic heterocycles. The summed E-state index contributed by atoms with van der Waals surface area (Å²) >= 11 is 0. The molecule has 0 unspecified atom stereocenters. The van der Waals surface area contributed by atoms with Crippen molar-refractivity contribution in [2.45, 2.75) is 39.5 Å². The van der Waals surface area contributed by atoms with Crippen LogP contribution in [-0.4, -0.2) is 23.5 Å². The molecule has 0 radical (unpaired) electrons. The van der Waals surface area contributed by atoms with Crippen LogP contribution in [0, 0.1) is 25.7 Å². The molecular formula is C26H27NO5. The van der Waals surface area contributed by atoms with Gasteiger partial charge >= 0.3 is 5.97 Å². The fourth-order valence-corrected chi connectivity index (χ4v) is 4.64. The first-order chi connectivity index (χ1) is 15.3. The number of aryl methyl sites for hydroxylation is 2. The van der Waals surface area contributed by atoms with E-state index >= 15 is 0 Å². The van der Waals surface area contributed by atoms with Crippen LogP contribution in [0.3, 0.4) is 0 Å². The molecule has 6 nitrogen and oxygen atoms in total. The van der Waals surface area contributed by atoms with Gasteiger partial charge in [-0.3, -0.25) is 14.4 Å². The van der Waals surface area contributed by atoms with Crippen molar-refractivity contribution in [1.29, 1.82) is 0 Å². The Balaban J connectivity index is 1.50. The Morgan fingerprint density at radius 1 is 1.06 bits per heavy atom. The summed E-state index contributed by atoms with van der Waals surface area (Å²) in [6.07, 6.45) is 3.40. The molecule has 2 atom stereocenters. The normalized spacial score (nSPS) is 18.4. The zero-order valence-corrected chi connectivity index (χ0v) is 18.3. The molecule has 0 spiro atoms. The van der Waals surface area contributed by atoms with E-state index in [-0.39, 0.29) is 17.3 Å². The van der Waals surface area contributed by atoms with Crippen molar-refractivity contribution in [3.8, 4) is 11.3 Å². The van der Waals surface area contributed by atoms with Crippen molar-refractivity contribution >= 4 is 22.8 Å². The van der Waals surface area contributed by atoms with Crippen LogP contribution in [0.25, 0.3) is 22.3 Å². The molecule has 166 valence electrons. The van der Waals surface area contributed by atoms with Crippen LogP contribution in [0.15, 0.2) is 51.7 Å². The van der Waals surface area contributed by atoms with Gasteiger partial charge in [0.2, 0.25) is 0 Å². The smallest absolute Gasteiger partial charge is 0.306 e. The second-order valence-corrected chi connectivity index (χ2v) is 8.71. The lowest BCUT2D eigenvalue weighted by Gasteiger charge is -2.28. The van der Waals surface area contributed by atoms with E-state index in [1.807, 2.05) is 26.0 Å². The Labute approximate surface area is 186 Å². The van der Waals surface area contributed by atoms with Gasteiger partial charge in [0.15, 0.2) is 5.43 Å². The van der Waals surface area contributed by atoms with Gasteiger partial charge in [0.1, 0.15) is 11.3 Å². The lowest BCUT2D eigenvalue weighted by Crippen LogP contribution is -2.37. The van der Waals surface area contributed by atoms with Gasteiger partial charge in [0, 0.05) is 23.7 Å². The van der Waals surface area contributed by atoms with Crippen LogP contribution in [0.1, 0.15) is 47.2 Å². The van der Waals surface area contributed by atoms with Crippen molar-refractivity contribution in [3.63, 3.8) is 0 Å². The van der Waals surface area contributed by atoms with Gasteiger partial charge in [-0.15, -0.1) is 0 Å². The summed E-state index contributed by atoms with van der Waals surface area (Å²) in [7, 11) is 0. The first-order valence-electron chi connectivity index (χ1n) is 11.0. The predicted octanol–water partition coefficient (Wildman–Crippen LogP) is 4.70.